The summed E-state index contributed by atoms with van der Waals surface area (Å²) in [6.45, 7) is 0. The van der Waals surface area contributed by atoms with Gasteiger partial charge in [-0.2, -0.15) is 0 Å². The smallest absolute Gasteiger partial charge is 0.308 e. The van der Waals surface area contributed by atoms with E-state index in [1.807, 2.05) is 0 Å². The molecule has 1 heterocycles. The van der Waals surface area contributed by atoms with Gasteiger partial charge in [-0.3, -0.25) is 9.59 Å². The fourth-order valence-corrected chi connectivity index (χ4v) is 2.06. The lowest BCUT2D eigenvalue weighted by molar-refractivity contribution is -0.141. The van der Waals surface area contributed by atoms with Crippen molar-refractivity contribution in [2.45, 2.75) is 25.3 Å². The summed E-state index contributed by atoms with van der Waals surface area (Å²) < 4.78 is 0. The summed E-state index contributed by atoms with van der Waals surface area (Å²) in [5.41, 5.74) is -0.321. The third-order valence-electron chi connectivity index (χ3n) is 2.86. The number of hydrogen-bond donors (Lipinski definition) is 3. The van der Waals surface area contributed by atoms with Crippen LogP contribution in [0.1, 0.15) is 19.3 Å². The molecule has 1 aliphatic rings. The topological polar surface area (TPSA) is 95.1 Å². The van der Waals surface area contributed by atoms with Gasteiger partial charge in [0.15, 0.2) is 5.82 Å². The number of nitrogens with zero attached hydrogens (tertiary/aromatic N) is 1. The van der Waals surface area contributed by atoms with Crippen molar-refractivity contribution in [3.8, 4) is 0 Å². The van der Waals surface area contributed by atoms with E-state index in [0.29, 0.717) is 6.42 Å². The molecule has 0 aliphatic heterocycles. The largest absolute Gasteiger partial charge is 0.481 e. The quantitative estimate of drug-likeness (QED) is 0.691. The van der Waals surface area contributed by atoms with Crippen LogP contribution in [0.3, 0.4) is 0 Å². The number of nitrogens with one attached hydrogen (secondary N) is 2. The van der Waals surface area contributed by atoms with Gasteiger partial charge in [0, 0.05) is 18.4 Å². The average molecular weight is 223 g/mol. The second kappa shape index (κ2) is 4.34. The van der Waals surface area contributed by atoms with Crippen molar-refractivity contribution in [1.82, 2.24) is 9.97 Å². The highest BCUT2D eigenvalue weighted by molar-refractivity contribution is 5.72. The molecule has 0 saturated heterocycles. The van der Waals surface area contributed by atoms with Gasteiger partial charge < -0.3 is 15.4 Å². The molecule has 2 atom stereocenters. The Morgan fingerprint density at radius 1 is 1.56 bits per heavy atom. The molecule has 0 amide bonds. The van der Waals surface area contributed by atoms with Crippen molar-refractivity contribution in [3.05, 3.63) is 22.7 Å². The lowest BCUT2D eigenvalue weighted by Gasteiger charge is -2.17. The maximum Gasteiger partial charge on any atom is 0.308 e. The van der Waals surface area contributed by atoms with E-state index < -0.39 is 11.9 Å². The standard InChI is InChI=1S/C10H13N3O3/c14-9-8(11-4-5-12-9)13-7-3-1-2-6(7)10(15)16/h4-7H,1-3H2,(H,11,13)(H,12,14)(H,15,16). The molecule has 6 nitrogen and oxygen atoms in total. The van der Waals surface area contributed by atoms with Crippen LogP contribution in [0.2, 0.25) is 0 Å². The molecule has 2 unspecified atom stereocenters. The molecule has 3 N–H and O–H groups in total. The predicted octanol–water partition coefficient (Wildman–Crippen LogP) is 0.435. The minimum atomic E-state index is -0.817. The van der Waals surface area contributed by atoms with Crippen molar-refractivity contribution in [1.29, 1.82) is 0 Å². The fourth-order valence-electron chi connectivity index (χ4n) is 2.06. The highest BCUT2D eigenvalue weighted by Gasteiger charge is 2.33. The molecule has 0 spiro atoms. The molecule has 6 heteroatoms. The van der Waals surface area contributed by atoms with E-state index >= 15 is 0 Å². The minimum Gasteiger partial charge on any atom is -0.481 e. The number of aliphatic carboxylic acids is 1. The summed E-state index contributed by atoms with van der Waals surface area (Å²) in [5, 5.41) is 11.9. The molecular formula is C10H13N3O3. The molecular weight excluding hydrogens is 210 g/mol. The van der Waals surface area contributed by atoms with Crippen LogP contribution in [0, 0.1) is 5.92 Å². The van der Waals surface area contributed by atoms with E-state index in [1.165, 1.54) is 12.4 Å². The first-order chi connectivity index (χ1) is 7.68. The lowest BCUT2D eigenvalue weighted by atomic mass is 10.0. The molecule has 86 valence electrons. The minimum absolute atomic E-state index is 0.195. The normalized spacial score (nSPS) is 24.2. The maximum absolute atomic E-state index is 11.4. The third-order valence-corrected chi connectivity index (χ3v) is 2.86. The van der Waals surface area contributed by atoms with Gasteiger partial charge in [-0.25, -0.2) is 4.98 Å². The van der Waals surface area contributed by atoms with Gasteiger partial charge in [-0.15, -0.1) is 0 Å². The van der Waals surface area contributed by atoms with E-state index in [4.69, 9.17) is 5.11 Å². The van der Waals surface area contributed by atoms with Gasteiger partial charge in [-0.05, 0) is 12.8 Å². The van der Waals surface area contributed by atoms with Crippen LogP contribution in [0.4, 0.5) is 5.82 Å². The number of carboxylic acid groups (broad SMARTS) is 1. The number of aromatic nitrogens is 2. The number of rotatable bonds is 3. The predicted molar refractivity (Wildman–Crippen MR) is 57.2 cm³/mol. The maximum atomic E-state index is 11.4. The third kappa shape index (κ3) is 2.05. The number of anilines is 1. The molecule has 1 aromatic heterocycles. The number of carboxylic acids is 1. The number of H-pyrrole nitrogens is 1. The van der Waals surface area contributed by atoms with Gasteiger partial charge >= 0.3 is 5.97 Å². The van der Waals surface area contributed by atoms with Gasteiger partial charge in [0.25, 0.3) is 5.56 Å². The van der Waals surface area contributed by atoms with Crippen LogP contribution in [-0.4, -0.2) is 27.1 Å². The Labute approximate surface area is 91.7 Å². The lowest BCUT2D eigenvalue weighted by Crippen LogP contribution is -2.32. The van der Waals surface area contributed by atoms with Crippen molar-refractivity contribution < 1.29 is 9.90 Å². The van der Waals surface area contributed by atoms with Crippen LogP contribution < -0.4 is 10.9 Å². The van der Waals surface area contributed by atoms with E-state index in [9.17, 15) is 9.59 Å². The fraction of sp³-hybridized carbons (Fsp3) is 0.500. The second-order valence-corrected chi connectivity index (χ2v) is 3.89. The summed E-state index contributed by atoms with van der Waals surface area (Å²) in [4.78, 5) is 28.7. The van der Waals surface area contributed by atoms with E-state index in [0.717, 1.165) is 12.8 Å². The average Bonchev–Trinajstić information content (AvgIpc) is 2.69. The molecule has 1 saturated carbocycles. The Morgan fingerprint density at radius 3 is 3.06 bits per heavy atom. The Balaban J connectivity index is 2.13. The molecule has 1 aliphatic carbocycles. The zero-order chi connectivity index (χ0) is 11.5. The van der Waals surface area contributed by atoms with Gasteiger partial charge in [-0.1, -0.05) is 6.42 Å². The van der Waals surface area contributed by atoms with Gasteiger partial charge in [0.2, 0.25) is 0 Å². The van der Waals surface area contributed by atoms with Crippen LogP contribution in [0.25, 0.3) is 0 Å². The zero-order valence-corrected chi connectivity index (χ0v) is 8.64. The summed E-state index contributed by atoms with van der Waals surface area (Å²) in [6.07, 6.45) is 5.18. The van der Waals surface area contributed by atoms with Crippen LogP contribution in [0.5, 0.6) is 0 Å². The molecule has 1 aromatic rings. The molecule has 0 bridgehead atoms. The Kier molecular flexibility index (Phi) is 2.89. The van der Waals surface area contributed by atoms with Crippen molar-refractivity contribution in [2.75, 3.05) is 5.32 Å². The van der Waals surface area contributed by atoms with Crippen molar-refractivity contribution in [2.24, 2.45) is 5.92 Å². The first-order valence-corrected chi connectivity index (χ1v) is 5.21. The van der Waals surface area contributed by atoms with Crippen LogP contribution in [0.15, 0.2) is 17.2 Å². The highest BCUT2D eigenvalue weighted by atomic mass is 16.4. The van der Waals surface area contributed by atoms with Gasteiger partial charge in [0.05, 0.1) is 5.92 Å². The molecule has 2 rings (SSSR count). The molecule has 0 radical (unpaired) electrons. The molecule has 16 heavy (non-hydrogen) atoms. The molecule has 0 aromatic carbocycles. The van der Waals surface area contributed by atoms with Crippen LogP contribution >= 0.6 is 0 Å². The second-order valence-electron chi connectivity index (χ2n) is 3.89. The van der Waals surface area contributed by atoms with Crippen molar-refractivity contribution >= 4 is 11.8 Å². The summed E-state index contributed by atoms with van der Waals surface area (Å²) in [6, 6.07) is -0.200. The summed E-state index contributed by atoms with van der Waals surface area (Å²) in [5.74, 6) is -1.05. The SMILES string of the molecule is O=C(O)C1CCCC1Nc1ncc[nH]c1=O. The summed E-state index contributed by atoms with van der Waals surface area (Å²) in [7, 11) is 0. The number of carbonyl (C=O) groups is 1. The zero-order valence-electron chi connectivity index (χ0n) is 8.64. The van der Waals surface area contributed by atoms with E-state index in [-0.39, 0.29) is 17.4 Å². The van der Waals surface area contributed by atoms with E-state index in [1.54, 1.807) is 0 Å². The Morgan fingerprint density at radius 2 is 2.38 bits per heavy atom. The van der Waals surface area contributed by atoms with Crippen molar-refractivity contribution in [3.63, 3.8) is 0 Å². The molecule has 1 fully saturated rings. The first kappa shape index (κ1) is 10.7. The van der Waals surface area contributed by atoms with Crippen LogP contribution in [-0.2, 0) is 4.79 Å². The highest BCUT2D eigenvalue weighted by Crippen LogP contribution is 2.27. The van der Waals surface area contributed by atoms with E-state index in [2.05, 4.69) is 15.3 Å². The summed E-state index contributed by atoms with van der Waals surface area (Å²) >= 11 is 0. The Bertz CT molecular complexity index is 443. The monoisotopic (exact) mass is 223 g/mol. The first-order valence-electron chi connectivity index (χ1n) is 5.21. The van der Waals surface area contributed by atoms with Gasteiger partial charge in [0.1, 0.15) is 0 Å². The Hall–Kier alpha value is -1.85. The number of hydrogen-bond acceptors (Lipinski definition) is 4. The number of aromatic amines is 1.